The molecule has 28 heavy (non-hydrogen) atoms. The van der Waals surface area contributed by atoms with E-state index in [0.29, 0.717) is 11.6 Å². The fourth-order valence-corrected chi connectivity index (χ4v) is 5.80. The van der Waals surface area contributed by atoms with Gasteiger partial charge in [-0.05, 0) is 62.2 Å². The maximum Gasteiger partial charge on any atom is 0.321 e. The molecule has 1 aromatic heterocycles. The van der Waals surface area contributed by atoms with Gasteiger partial charge in [0.15, 0.2) is 0 Å². The number of pyridine rings is 1. The summed E-state index contributed by atoms with van der Waals surface area (Å²) < 4.78 is 6.57. The predicted octanol–water partition coefficient (Wildman–Crippen LogP) is 5.35. The Balaban J connectivity index is 1.87. The molecule has 1 radical (unpaired) electrons. The molecule has 1 aromatic rings. The van der Waals surface area contributed by atoms with E-state index in [1.807, 2.05) is 12.1 Å². The Morgan fingerprint density at radius 1 is 1.32 bits per heavy atom. The van der Waals surface area contributed by atoms with E-state index >= 15 is 0 Å². The van der Waals surface area contributed by atoms with Gasteiger partial charge in [0.2, 0.25) is 9.04 Å². The van der Waals surface area contributed by atoms with E-state index in [9.17, 15) is 4.79 Å². The molecule has 1 fully saturated rings. The number of allylic oxidation sites excluding steroid dienone is 1. The van der Waals surface area contributed by atoms with Crippen LogP contribution in [0.1, 0.15) is 53.4 Å². The number of carbonyl (C=O) groups excluding carboxylic acids is 1. The number of carbonyl (C=O) groups is 1. The molecule has 0 aromatic carbocycles. The van der Waals surface area contributed by atoms with Gasteiger partial charge in [0.05, 0.1) is 11.9 Å². The van der Waals surface area contributed by atoms with Gasteiger partial charge in [-0.2, -0.15) is 0 Å². The lowest BCUT2D eigenvalue weighted by Crippen LogP contribution is -2.61. The summed E-state index contributed by atoms with van der Waals surface area (Å²) in [5.74, 6) is 0.573. The minimum atomic E-state index is -1.00. The molecule has 5 nitrogen and oxygen atoms in total. The van der Waals surface area contributed by atoms with Crippen LogP contribution < -0.4 is 10.6 Å². The van der Waals surface area contributed by atoms with Crippen LogP contribution >= 0.6 is 0 Å². The minimum absolute atomic E-state index is 0.164. The van der Waals surface area contributed by atoms with Gasteiger partial charge in [0.25, 0.3) is 0 Å². The lowest BCUT2D eigenvalue weighted by Gasteiger charge is -2.49. The average Bonchev–Trinajstić information content (AvgIpc) is 2.86. The molecule has 1 saturated carbocycles. The van der Waals surface area contributed by atoms with Crippen LogP contribution in [0.25, 0.3) is 0 Å². The van der Waals surface area contributed by atoms with Crippen molar-refractivity contribution in [2.45, 2.75) is 72.2 Å². The Labute approximate surface area is 171 Å². The number of nitrogens with one attached hydrogen (secondary N) is 2. The van der Waals surface area contributed by atoms with Gasteiger partial charge in [0, 0.05) is 11.6 Å². The van der Waals surface area contributed by atoms with E-state index < -0.39 is 14.8 Å². The van der Waals surface area contributed by atoms with E-state index in [-0.39, 0.29) is 16.9 Å². The Hall–Kier alpha value is -1.66. The Kier molecular flexibility index (Phi) is 5.74. The number of anilines is 1. The molecule has 0 saturated heterocycles. The molecule has 153 valence electrons. The monoisotopic (exact) mass is 400 g/mol. The quantitative estimate of drug-likeness (QED) is 0.407. The lowest BCUT2D eigenvalue weighted by molar-refractivity contribution is -0.0452. The van der Waals surface area contributed by atoms with E-state index in [2.05, 4.69) is 62.5 Å². The average molecular weight is 401 g/mol. The van der Waals surface area contributed by atoms with Gasteiger partial charge in [0.1, 0.15) is 5.72 Å². The van der Waals surface area contributed by atoms with E-state index in [4.69, 9.17) is 4.43 Å². The third kappa shape index (κ3) is 4.03. The third-order valence-corrected chi connectivity index (χ3v) is 7.19. The van der Waals surface area contributed by atoms with Crippen LogP contribution in [0.5, 0.6) is 0 Å². The molecule has 0 aliphatic heterocycles. The molecular weight excluding hydrogens is 366 g/mol. The van der Waals surface area contributed by atoms with Gasteiger partial charge in [-0.3, -0.25) is 4.98 Å². The van der Waals surface area contributed by atoms with Crippen molar-refractivity contribution in [2.24, 2.45) is 16.7 Å². The first kappa shape index (κ1) is 21.1. The van der Waals surface area contributed by atoms with E-state index in [1.54, 1.807) is 12.4 Å². The highest BCUT2D eigenvalue weighted by atomic mass is 28.3. The molecule has 2 aliphatic rings. The lowest BCUT2D eigenvalue weighted by atomic mass is 9.64. The van der Waals surface area contributed by atoms with Crippen molar-refractivity contribution in [3.8, 4) is 0 Å². The molecule has 2 N–H and O–H groups in total. The summed E-state index contributed by atoms with van der Waals surface area (Å²) in [7, 11) is -1.00. The number of rotatable bonds is 4. The number of fused-ring (bicyclic) bond motifs is 1. The SMILES string of the molecule is C[Si](C)O[C@]1(NC(=O)Nc2cccnc2)CCC2=C[C@H](C(C)(C)C)CC[C@]21C. The van der Waals surface area contributed by atoms with Crippen LogP contribution in [0.3, 0.4) is 0 Å². The molecule has 1 heterocycles. The van der Waals surface area contributed by atoms with Crippen molar-refractivity contribution >= 4 is 20.8 Å². The second-order valence-corrected chi connectivity index (χ2v) is 11.7. The summed E-state index contributed by atoms with van der Waals surface area (Å²) in [5.41, 5.74) is 1.58. The van der Waals surface area contributed by atoms with Crippen LogP contribution in [0.15, 0.2) is 36.2 Å². The summed E-state index contributed by atoms with van der Waals surface area (Å²) in [6.45, 7) is 13.5. The summed E-state index contributed by atoms with van der Waals surface area (Å²) in [6.07, 6.45) is 9.78. The zero-order valence-corrected chi connectivity index (χ0v) is 19.1. The highest BCUT2D eigenvalue weighted by Gasteiger charge is 2.58. The van der Waals surface area contributed by atoms with Crippen molar-refractivity contribution in [2.75, 3.05) is 5.32 Å². The van der Waals surface area contributed by atoms with E-state index in [1.165, 1.54) is 5.57 Å². The van der Waals surface area contributed by atoms with Crippen molar-refractivity contribution < 1.29 is 9.22 Å². The second-order valence-electron chi connectivity index (χ2n) is 9.69. The zero-order valence-electron chi connectivity index (χ0n) is 18.1. The highest BCUT2D eigenvalue weighted by Crippen LogP contribution is 2.58. The molecule has 2 amide bonds. The largest absolute Gasteiger partial charge is 0.394 e. The highest BCUT2D eigenvalue weighted by molar-refractivity contribution is 6.48. The van der Waals surface area contributed by atoms with Gasteiger partial charge < -0.3 is 15.1 Å². The number of hydrogen-bond acceptors (Lipinski definition) is 3. The number of hydrogen-bond donors (Lipinski definition) is 2. The molecular formula is C22H34N3O2Si. The molecule has 0 spiro atoms. The number of amides is 2. The Bertz CT molecular complexity index is 744. The van der Waals surface area contributed by atoms with Crippen LogP contribution in [0, 0.1) is 16.7 Å². The number of urea groups is 1. The normalized spacial score (nSPS) is 30.0. The van der Waals surface area contributed by atoms with Crippen molar-refractivity contribution in [3.05, 3.63) is 36.2 Å². The van der Waals surface area contributed by atoms with Crippen LogP contribution in [-0.4, -0.2) is 25.8 Å². The molecule has 0 unspecified atom stereocenters. The first-order chi connectivity index (χ1) is 13.1. The van der Waals surface area contributed by atoms with Gasteiger partial charge in [-0.1, -0.05) is 39.3 Å². The third-order valence-electron chi connectivity index (χ3n) is 6.43. The first-order valence-corrected chi connectivity index (χ1v) is 12.7. The standard InChI is InChI=1S/C22H34N3O2Si/c1-20(2,3)16-9-11-21(4)17(14-16)10-12-22(21,27-28(5)6)25-19(26)24-18-8-7-13-23-15-18/h7-8,13-16H,9-12H2,1-6H3,(H2,24,25,26)/t16-,21-,22-/m1/s1. The Morgan fingerprint density at radius 3 is 2.68 bits per heavy atom. The van der Waals surface area contributed by atoms with Gasteiger partial charge in [-0.15, -0.1) is 0 Å². The van der Waals surface area contributed by atoms with Gasteiger partial charge >= 0.3 is 6.03 Å². The molecule has 3 rings (SSSR count). The fraction of sp³-hybridized carbons (Fsp3) is 0.636. The maximum absolute atomic E-state index is 12.9. The number of aromatic nitrogens is 1. The van der Waals surface area contributed by atoms with Crippen molar-refractivity contribution in [1.82, 2.24) is 10.3 Å². The molecule has 6 heteroatoms. The predicted molar refractivity (Wildman–Crippen MR) is 115 cm³/mol. The summed E-state index contributed by atoms with van der Waals surface area (Å²) in [6, 6.07) is 3.43. The summed E-state index contributed by atoms with van der Waals surface area (Å²) in [5, 5.41) is 6.16. The summed E-state index contributed by atoms with van der Waals surface area (Å²) in [4.78, 5) is 16.9. The first-order valence-electron chi connectivity index (χ1n) is 10.3. The molecule has 2 aliphatic carbocycles. The molecule has 3 atom stereocenters. The minimum Gasteiger partial charge on any atom is -0.394 e. The summed E-state index contributed by atoms with van der Waals surface area (Å²) >= 11 is 0. The van der Waals surface area contributed by atoms with Crippen molar-refractivity contribution in [3.63, 3.8) is 0 Å². The van der Waals surface area contributed by atoms with E-state index in [0.717, 1.165) is 25.7 Å². The zero-order chi connectivity index (χ0) is 20.6. The smallest absolute Gasteiger partial charge is 0.321 e. The topological polar surface area (TPSA) is 63.2 Å². The van der Waals surface area contributed by atoms with Crippen molar-refractivity contribution in [1.29, 1.82) is 0 Å². The fourth-order valence-electron chi connectivity index (χ4n) is 4.73. The van der Waals surface area contributed by atoms with Crippen LogP contribution in [0.2, 0.25) is 13.1 Å². The Morgan fingerprint density at radius 2 is 2.07 bits per heavy atom. The van der Waals surface area contributed by atoms with Crippen LogP contribution in [0.4, 0.5) is 10.5 Å². The van der Waals surface area contributed by atoms with Gasteiger partial charge in [-0.25, -0.2) is 4.79 Å². The second kappa shape index (κ2) is 7.63. The van der Waals surface area contributed by atoms with Crippen LogP contribution in [-0.2, 0) is 4.43 Å². The number of nitrogens with zero attached hydrogens (tertiary/aromatic N) is 1. The molecule has 0 bridgehead atoms. The maximum atomic E-state index is 12.9.